The summed E-state index contributed by atoms with van der Waals surface area (Å²) in [6.07, 6.45) is 2.97. The van der Waals surface area contributed by atoms with Gasteiger partial charge in [-0.2, -0.15) is 0 Å². The molecule has 0 saturated heterocycles. The number of benzene rings is 1. The molecule has 2 N–H and O–H groups in total. The van der Waals surface area contributed by atoms with Gasteiger partial charge in [-0.3, -0.25) is 4.79 Å². The zero-order valence-electron chi connectivity index (χ0n) is 11.9. The summed E-state index contributed by atoms with van der Waals surface area (Å²) in [6, 6.07) is 5.77. The van der Waals surface area contributed by atoms with E-state index >= 15 is 0 Å². The van der Waals surface area contributed by atoms with E-state index in [0.29, 0.717) is 5.69 Å². The third-order valence-corrected chi connectivity index (χ3v) is 3.78. The van der Waals surface area contributed by atoms with Crippen LogP contribution < -0.4 is 10.6 Å². The topological polar surface area (TPSA) is 41.1 Å². The van der Waals surface area contributed by atoms with Crippen molar-refractivity contribution in [1.82, 2.24) is 5.32 Å². The van der Waals surface area contributed by atoms with Crippen LogP contribution in [0.1, 0.15) is 40.0 Å². The van der Waals surface area contributed by atoms with Gasteiger partial charge in [0.25, 0.3) is 0 Å². The highest BCUT2D eigenvalue weighted by molar-refractivity contribution is 5.92. The molecule has 0 aliphatic heterocycles. The van der Waals surface area contributed by atoms with E-state index in [0.717, 1.165) is 19.3 Å². The second-order valence-electron chi connectivity index (χ2n) is 4.75. The molecule has 0 heterocycles. The van der Waals surface area contributed by atoms with E-state index in [2.05, 4.69) is 31.4 Å². The molecule has 0 aromatic heterocycles. The van der Waals surface area contributed by atoms with Gasteiger partial charge in [-0.05, 0) is 43.5 Å². The van der Waals surface area contributed by atoms with E-state index < -0.39 is 0 Å². The largest absolute Gasteiger partial charge is 0.325 e. The van der Waals surface area contributed by atoms with Crippen molar-refractivity contribution in [2.45, 2.75) is 45.6 Å². The molecule has 0 atom stereocenters. The Labute approximate surface area is 114 Å². The van der Waals surface area contributed by atoms with Gasteiger partial charge in [0.05, 0.1) is 6.54 Å². The third-order valence-electron chi connectivity index (χ3n) is 3.78. The van der Waals surface area contributed by atoms with Gasteiger partial charge >= 0.3 is 0 Å². The Morgan fingerprint density at radius 2 is 1.63 bits per heavy atom. The van der Waals surface area contributed by atoms with Gasteiger partial charge in [-0.1, -0.05) is 20.8 Å². The predicted molar refractivity (Wildman–Crippen MR) is 76.6 cm³/mol. The van der Waals surface area contributed by atoms with Crippen LogP contribution in [0.5, 0.6) is 0 Å². The highest BCUT2D eigenvalue weighted by Gasteiger charge is 2.23. The number of hydrogen-bond donors (Lipinski definition) is 2. The first-order valence-electron chi connectivity index (χ1n) is 6.85. The molecular formula is C15H23FN2O. The van der Waals surface area contributed by atoms with Crippen LogP contribution in [0.25, 0.3) is 0 Å². The number of amides is 1. The summed E-state index contributed by atoms with van der Waals surface area (Å²) < 4.78 is 12.7. The van der Waals surface area contributed by atoms with Gasteiger partial charge in [-0.15, -0.1) is 0 Å². The maximum atomic E-state index is 12.7. The fraction of sp³-hybridized carbons (Fsp3) is 0.533. The highest BCUT2D eigenvalue weighted by Crippen LogP contribution is 2.18. The maximum Gasteiger partial charge on any atom is 0.238 e. The lowest BCUT2D eigenvalue weighted by atomic mass is 9.90. The minimum absolute atomic E-state index is 0.0279. The Balaban J connectivity index is 2.49. The smallest absolute Gasteiger partial charge is 0.238 e. The summed E-state index contributed by atoms with van der Waals surface area (Å²) in [4.78, 5) is 11.8. The van der Waals surface area contributed by atoms with Gasteiger partial charge in [0.2, 0.25) is 5.91 Å². The Hall–Kier alpha value is -1.42. The number of halogens is 1. The van der Waals surface area contributed by atoms with E-state index in [4.69, 9.17) is 0 Å². The molecule has 0 saturated carbocycles. The van der Waals surface area contributed by atoms with Crippen LogP contribution in [0.3, 0.4) is 0 Å². The summed E-state index contributed by atoms with van der Waals surface area (Å²) in [5.41, 5.74) is 0.642. The zero-order chi connectivity index (χ0) is 14.3. The number of carbonyl (C=O) groups excluding carboxylic acids is 1. The van der Waals surface area contributed by atoms with Crippen LogP contribution in [0, 0.1) is 5.82 Å². The molecule has 1 amide bonds. The first-order valence-corrected chi connectivity index (χ1v) is 6.85. The van der Waals surface area contributed by atoms with Gasteiger partial charge in [0, 0.05) is 11.2 Å². The van der Waals surface area contributed by atoms with Gasteiger partial charge in [0.1, 0.15) is 5.82 Å². The van der Waals surface area contributed by atoms with Gasteiger partial charge in [0.15, 0.2) is 0 Å². The molecule has 0 spiro atoms. The monoisotopic (exact) mass is 266 g/mol. The Kier molecular flexibility index (Phi) is 5.96. The van der Waals surface area contributed by atoms with Crippen molar-refractivity contribution in [2.24, 2.45) is 0 Å². The quantitative estimate of drug-likeness (QED) is 0.795. The summed E-state index contributed by atoms with van der Waals surface area (Å²) in [7, 11) is 0. The van der Waals surface area contributed by atoms with Crippen LogP contribution in [-0.2, 0) is 4.79 Å². The number of hydrogen-bond acceptors (Lipinski definition) is 2. The number of carbonyl (C=O) groups is 1. The molecule has 19 heavy (non-hydrogen) atoms. The molecule has 3 nitrogen and oxygen atoms in total. The first-order chi connectivity index (χ1) is 9.05. The molecule has 1 aromatic carbocycles. The molecule has 0 radical (unpaired) electrons. The second-order valence-corrected chi connectivity index (χ2v) is 4.75. The second kappa shape index (κ2) is 7.24. The molecular weight excluding hydrogens is 243 g/mol. The van der Waals surface area contributed by atoms with Gasteiger partial charge in [-0.25, -0.2) is 4.39 Å². The fourth-order valence-electron chi connectivity index (χ4n) is 2.13. The molecule has 106 valence electrons. The van der Waals surface area contributed by atoms with Crippen molar-refractivity contribution in [2.75, 3.05) is 11.9 Å². The van der Waals surface area contributed by atoms with Crippen LogP contribution >= 0.6 is 0 Å². The summed E-state index contributed by atoms with van der Waals surface area (Å²) in [5.74, 6) is -0.413. The average Bonchev–Trinajstić information content (AvgIpc) is 2.44. The van der Waals surface area contributed by atoms with E-state index in [1.54, 1.807) is 12.1 Å². The van der Waals surface area contributed by atoms with Crippen LogP contribution in [-0.4, -0.2) is 18.0 Å². The van der Waals surface area contributed by atoms with E-state index in [9.17, 15) is 9.18 Å². The van der Waals surface area contributed by atoms with E-state index in [1.807, 2.05) is 0 Å². The average molecular weight is 266 g/mol. The minimum atomic E-state index is -0.307. The SMILES string of the molecule is CCC(CC)(CC)NCC(=O)Nc1ccc(F)cc1. The van der Waals surface area contributed by atoms with Gasteiger partial charge < -0.3 is 10.6 Å². The molecule has 0 unspecified atom stereocenters. The van der Waals surface area contributed by atoms with Crippen molar-refractivity contribution in [3.05, 3.63) is 30.1 Å². The van der Waals surface area contributed by atoms with Crippen LogP contribution in [0.4, 0.5) is 10.1 Å². The normalized spacial score (nSPS) is 11.4. The zero-order valence-corrected chi connectivity index (χ0v) is 11.9. The van der Waals surface area contributed by atoms with Crippen molar-refractivity contribution >= 4 is 11.6 Å². The standard InChI is InChI=1S/C15H23FN2O/c1-4-15(5-2,6-3)17-11-14(19)18-13-9-7-12(16)8-10-13/h7-10,17H,4-6,11H2,1-3H3,(H,18,19). The van der Waals surface area contributed by atoms with E-state index in [1.165, 1.54) is 12.1 Å². The lowest BCUT2D eigenvalue weighted by molar-refractivity contribution is -0.115. The lowest BCUT2D eigenvalue weighted by Gasteiger charge is -2.31. The molecule has 0 bridgehead atoms. The highest BCUT2D eigenvalue weighted by atomic mass is 19.1. The lowest BCUT2D eigenvalue weighted by Crippen LogP contribution is -2.47. The van der Waals surface area contributed by atoms with Crippen molar-refractivity contribution in [3.8, 4) is 0 Å². The molecule has 1 aromatic rings. The minimum Gasteiger partial charge on any atom is -0.325 e. The summed E-state index contributed by atoms with van der Waals surface area (Å²) in [6.45, 7) is 6.64. The van der Waals surface area contributed by atoms with E-state index in [-0.39, 0.29) is 23.8 Å². The fourth-order valence-corrected chi connectivity index (χ4v) is 2.13. The molecule has 0 aliphatic carbocycles. The number of anilines is 1. The molecule has 0 fully saturated rings. The summed E-state index contributed by atoms with van der Waals surface area (Å²) >= 11 is 0. The molecule has 4 heteroatoms. The maximum absolute atomic E-state index is 12.7. The predicted octanol–water partition coefficient (Wildman–Crippen LogP) is 3.32. The Morgan fingerprint density at radius 3 is 2.11 bits per heavy atom. The van der Waals surface area contributed by atoms with Crippen LogP contribution in [0.15, 0.2) is 24.3 Å². The van der Waals surface area contributed by atoms with Crippen molar-refractivity contribution in [3.63, 3.8) is 0 Å². The van der Waals surface area contributed by atoms with Crippen molar-refractivity contribution in [1.29, 1.82) is 0 Å². The van der Waals surface area contributed by atoms with Crippen LogP contribution in [0.2, 0.25) is 0 Å². The molecule has 0 aliphatic rings. The number of rotatable bonds is 7. The third kappa shape index (κ3) is 4.63. The van der Waals surface area contributed by atoms with Crippen molar-refractivity contribution < 1.29 is 9.18 Å². The number of nitrogens with one attached hydrogen (secondary N) is 2. The molecule has 1 rings (SSSR count). The summed E-state index contributed by atoms with van der Waals surface area (Å²) in [5, 5.41) is 6.07. The Bertz CT molecular complexity index is 391. The Morgan fingerprint density at radius 1 is 1.11 bits per heavy atom. The first kappa shape index (κ1) is 15.6.